The molecule has 0 spiro atoms. The second kappa shape index (κ2) is 14.1. The van der Waals surface area contributed by atoms with Gasteiger partial charge in [0.15, 0.2) is 0 Å². The van der Waals surface area contributed by atoms with E-state index in [4.69, 9.17) is 0 Å². The second-order valence-electron chi connectivity index (χ2n) is 16.5. The Morgan fingerprint density at radius 1 is 0.424 bits per heavy atom. The first kappa shape index (κ1) is 35.1. The maximum atomic E-state index is 2.51. The SMILES string of the molecule is CC1(C)c2cc(/C=C/c3ccc(-c4ccc(N5c6ccccc6N(c6ccccc6)c6ccccc65)cc4)cc3)ccc2-c2ccc(N3CCCc4ccccc43)cc21. The lowest BCUT2D eigenvalue weighted by Gasteiger charge is -2.40. The fraction of sp³-hybridized carbons (Fsp3) is 0.107. The number of para-hydroxylation sites is 6. The minimum absolute atomic E-state index is 0.0830. The molecule has 0 amide bonds. The molecule has 3 heteroatoms. The highest BCUT2D eigenvalue weighted by Gasteiger charge is 2.36. The molecule has 8 aromatic rings. The molecule has 3 aliphatic rings. The summed E-state index contributed by atoms with van der Waals surface area (Å²) in [7, 11) is 0. The minimum Gasteiger partial charge on any atom is -0.341 e. The number of nitrogens with zero attached hydrogens (tertiary/aromatic N) is 3. The molecule has 0 fully saturated rings. The summed E-state index contributed by atoms with van der Waals surface area (Å²) in [6.45, 7) is 5.83. The Morgan fingerprint density at radius 3 is 1.54 bits per heavy atom. The third-order valence-corrected chi connectivity index (χ3v) is 12.7. The quantitative estimate of drug-likeness (QED) is 0.156. The van der Waals surface area contributed by atoms with Crippen molar-refractivity contribution in [2.75, 3.05) is 21.2 Å². The van der Waals surface area contributed by atoms with Crippen LogP contribution in [0.15, 0.2) is 188 Å². The highest BCUT2D eigenvalue weighted by molar-refractivity contribution is 6.01. The van der Waals surface area contributed by atoms with Crippen LogP contribution >= 0.6 is 0 Å². The number of aryl methyl sites for hydroxylation is 1. The Kier molecular flexibility index (Phi) is 8.37. The van der Waals surface area contributed by atoms with E-state index in [1.165, 1.54) is 67.9 Å². The number of hydrogen-bond donors (Lipinski definition) is 0. The van der Waals surface area contributed by atoms with Gasteiger partial charge >= 0.3 is 0 Å². The molecule has 1 aliphatic carbocycles. The zero-order chi connectivity index (χ0) is 39.5. The van der Waals surface area contributed by atoms with E-state index in [0.717, 1.165) is 47.1 Å². The van der Waals surface area contributed by atoms with Crippen LogP contribution in [-0.4, -0.2) is 6.54 Å². The molecule has 0 N–H and O–H groups in total. The van der Waals surface area contributed by atoms with Crippen LogP contribution < -0.4 is 14.7 Å². The third-order valence-electron chi connectivity index (χ3n) is 12.7. The van der Waals surface area contributed by atoms with E-state index in [1.807, 2.05) is 0 Å². The van der Waals surface area contributed by atoms with E-state index in [-0.39, 0.29) is 5.41 Å². The Labute approximate surface area is 347 Å². The van der Waals surface area contributed by atoms with Gasteiger partial charge in [-0.25, -0.2) is 0 Å². The summed E-state index contributed by atoms with van der Waals surface area (Å²) < 4.78 is 0. The molecule has 2 heterocycles. The van der Waals surface area contributed by atoms with Gasteiger partial charge in [0.2, 0.25) is 0 Å². The topological polar surface area (TPSA) is 9.72 Å². The van der Waals surface area contributed by atoms with E-state index >= 15 is 0 Å². The van der Waals surface area contributed by atoms with Crippen molar-refractivity contribution >= 4 is 57.7 Å². The predicted molar refractivity (Wildman–Crippen MR) is 250 cm³/mol. The molecule has 0 saturated carbocycles. The smallest absolute Gasteiger partial charge is 0.0703 e. The van der Waals surface area contributed by atoms with Crippen LogP contribution in [-0.2, 0) is 11.8 Å². The van der Waals surface area contributed by atoms with E-state index in [2.05, 4.69) is 229 Å². The number of fused-ring (bicyclic) bond motifs is 6. The molecule has 0 radical (unpaired) electrons. The van der Waals surface area contributed by atoms with E-state index < -0.39 is 0 Å². The van der Waals surface area contributed by atoms with Gasteiger partial charge in [0.05, 0.1) is 22.7 Å². The van der Waals surface area contributed by atoms with Crippen LogP contribution in [0.25, 0.3) is 34.4 Å². The van der Waals surface area contributed by atoms with Gasteiger partial charge in [-0.05, 0) is 130 Å². The van der Waals surface area contributed by atoms with Crippen LogP contribution in [0.5, 0.6) is 0 Å². The lowest BCUT2D eigenvalue weighted by molar-refractivity contribution is 0.659. The van der Waals surface area contributed by atoms with E-state index in [0.29, 0.717) is 0 Å². The van der Waals surface area contributed by atoms with E-state index in [9.17, 15) is 0 Å². The van der Waals surface area contributed by atoms with Crippen molar-refractivity contribution in [3.05, 3.63) is 216 Å². The predicted octanol–water partition coefficient (Wildman–Crippen LogP) is 15.2. The van der Waals surface area contributed by atoms with Gasteiger partial charge < -0.3 is 14.7 Å². The largest absolute Gasteiger partial charge is 0.341 e. The fourth-order valence-electron chi connectivity index (χ4n) is 9.68. The van der Waals surface area contributed by atoms with Crippen LogP contribution in [0.3, 0.4) is 0 Å². The van der Waals surface area contributed by atoms with Gasteiger partial charge in [0.25, 0.3) is 0 Å². The van der Waals surface area contributed by atoms with Gasteiger partial charge in [-0.1, -0.05) is 147 Å². The van der Waals surface area contributed by atoms with Crippen LogP contribution in [0.2, 0.25) is 0 Å². The number of hydrogen-bond acceptors (Lipinski definition) is 3. The van der Waals surface area contributed by atoms with Crippen molar-refractivity contribution in [3.8, 4) is 22.3 Å². The summed E-state index contributed by atoms with van der Waals surface area (Å²) in [5.74, 6) is 0. The molecule has 3 nitrogen and oxygen atoms in total. The zero-order valence-electron chi connectivity index (χ0n) is 33.5. The summed E-state index contributed by atoms with van der Waals surface area (Å²) in [4.78, 5) is 7.26. The molecular weight excluding hydrogens is 715 g/mol. The van der Waals surface area contributed by atoms with Crippen molar-refractivity contribution in [2.24, 2.45) is 0 Å². The molecule has 284 valence electrons. The maximum absolute atomic E-state index is 2.51. The molecule has 11 rings (SSSR count). The molecule has 0 saturated heterocycles. The molecule has 0 aromatic heterocycles. The van der Waals surface area contributed by atoms with Crippen LogP contribution in [0.4, 0.5) is 45.5 Å². The monoisotopic (exact) mass is 759 g/mol. The first-order valence-corrected chi connectivity index (χ1v) is 20.9. The molecule has 0 unspecified atom stereocenters. The molecule has 8 aromatic carbocycles. The highest BCUT2D eigenvalue weighted by atomic mass is 15.3. The normalized spacial score (nSPS) is 14.7. The summed E-state index contributed by atoms with van der Waals surface area (Å²) in [6, 6.07) is 68.9. The minimum atomic E-state index is -0.0830. The van der Waals surface area contributed by atoms with Gasteiger partial charge in [0.1, 0.15) is 0 Å². The van der Waals surface area contributed by atoms with Gasteiger partial charge in [-0.3, -0.25) is 0 Å². The Hall–Kier alpha value is -7.10. The second-order valence-corrected chi connectivity index (χ2v) is 16.5. The van der Waals surface area contributed by atoms with Crippen LogP contribution in [0, 0.1) is 0 Å². The molecular formula is C56H45N3. The van der Waals surface area contributed by atoms with Crippen molar-refractivity contribution in [3.63, 3.8) is 0 Å². The molecule has 0 bridgehead atoms. The van der Waals surface area contributed by atoms with Crippen molar-refractivity contribution in [2.45, 2.75) is 32.1 Å². The number of rotatable bonds is 6. The molecule has 2 aliphatic heterocycles. The van der Waals surface area contributed by atoms with E-state index in [1.54, 1.807) is 0 Å². The van der Waals surface area contributed by atoms with Gasteiger partial charge in [-0.2, -0.15) is 0 Å². The third kappa shape index (κ3) is 5.96. The number of benzene rings is 8. The first-order chi connectivity index (χ1) is 29.0. The molecule has 0 atom stereocenters. The summed E-state index contributed by atoms with van der Waals surface area (Å²) >= 11 is 0. The summed E-state index contributed by atoms with van der Waals surface area (Å²) in [5.41, 5.74) is 21.3. The van der Waals surface area contributed by atoms with Gasteiger partial charge in [-0.15, -0.1) is 0 Å². The highest BCUT2D eigenvalue weighted by Crippen LogP contribution is 2.54. The van der Waals surface area contributed by atoms with Crippen molar-refractivity contribution < 1.29 is 0 Å². The van der Waals surface area contributed by atoms with Crippen molar-refractivity contribution in [1.29, 1.82) is 0 Å². The summed E-state index contributed by atoms with van der Waals surface area (Å²) in [5, 5.41) is 0. The van der Waals surface area contributed by atoms with Crippen molar-refractivity contribution in [1.82, 2.24) is 0 Å². The average molecular weight is 760 g/mol. The number of anilines is 8. The summed E-state index contributed by atoms with van der Waals surface area (Å²) in [6.07, 6.45) is 6.83. The lowest BCUT2D eigenvalue weighted by atomic mass is 9.81. The Balaban J connectivity index is 0.824. The molecule has 59 heavy (non-hydrogen) atoms. The van der Waals surface area contributed by atoms with Crippen LogP contribution in [0.1, 0.15) is 48.1 Å². The zero-order valence-corrected chi connectivity index (χ0v) is 33.5. The first-order valence-electron chi connectivity index (χ1n) is 20.9. The van der Waals surface area contributed by atoms with Gasteiger partial charge in [0, 0.05) is 34.7 Å². The standard InChI is InChI=1S/C56H45N3/c1-56(2)49-37-40(26-34-47(49)48-35-33-46(38-50(48)56)57-36-12-14-43-13-6-7-17-51(43)57)23-22-39-24-27-41(28-25-39)42-29-31-45(32-30-42)59-54-20-10-8-18-52(54)58(44-15-4-3-5-16-44)53-19-9-11-21-55(53)59/h3-11,13,15-35,37-38H,12,14,36H2,1-2H3/b23-22+. The Bertz CT molecular complexity index is 2840. The maximum Gasteiger partial charge on any atom is 0.0703 e. The average Bonchev–Trinajstić information content (AvgIpc) is 3.52. The fourth-order valence-corrected chi connectivity index (χ4v) is 9.68. The lowest BCUT2D eigenvalue weighted by Crippen LogP contribution is -2.25. The Morgan fingerprint density at radius 2 is 0.898 bits per heavy atom.